The maximum absolute atomic E-state index is 13.1. The van der Waals surface area contributed by atoms with Crippen LogP contribution in [-0.4, -0.2) is 53.3 Å². The van der Waals surface area contributed by atoms with Crippen LogP contribution in [0, 0.1) is 0 Å². The number of fused-ring (bicyclic) bond motifs is 1. The van der Waals surface area contributed by atoms with E-state index >= 15 is 0 Å². The highest BCUT2D eigenvalue weighted by molar-refractivity contribution is 6.07. The molecule has 0 unspecified atom stereocenters. The molecule has 0 spiro atoms. The van der Waals surface area contributed by atoms with E-state index in [1.54, 1.807) is 13.3 Å². The first-order valence-corrected chi connectivity index (χ1v) is 10.2. The predicted molar refractivity (Wildman–Crippen MR) is 122 cm³/mol. The monoisotopic (exact) mass is 417 g/mol. The van der Waals surface area contributed by atoms with Crippen LogP contribution in [0.4, 0.5) is 0 Å². The van der Waals surface area contributed by atoms with Crippen molar-refractivity contribution >= 4 is 16.8 Å². The summed E-state index contributed by atoms with van der Waals surface area (Å²) in [6.07, 6.45) is 5.63. The van der Waals surface area contributed by atoms with E-state index in [2.05, 4.69) is 31.0 Å². The zero-order chi connectivity index (χ0) is 21.8. The second kappa shape index (κ2) is 9.06. The first-order chi connectivity index (χ1) is 15.0. The highest BCUT2D eigenvalue weighted by Gasteiger charge is 2.16. The minimum atomic E-state index is -0.0903. The number of hydrogen-bond acceptors (Lipinski definition) is 4. The Labute approximate surface area is 181 Å². The first kappa shape index (κ1) is 20.7. The molecule has 2 aromatic carbocycles. The van der Waals surface area contributed by atoms with Crippen LogP contribution in [0.2, 0.25) is 0 Å². The summed E-state index contributed by atoms with van der Waals surface area (Å²) in [6.45, 7) is 2.11. The average molecular weight is 418 g/mol. The molecule has 7 nitrogen and oxygen atoms in total. The Morgan fingerprint density at radius 2 is 2.06 bits per heavy atom. The normalized spacial score (nSPS) is 11.2. The van der Waals surface area contributed by atoms with Gasteiger partial charge in [-0.15, -0.1) is 0 Å². The number of hydrogen-bond donors (Lipinski definition) is 2. The topological polar surface area (TPSA) is 75.2 Å². The van der Waals surface area contributed by atoms with Gasteiger partial charge in [0.25, 0.3) is 5.91 Å². The maximum Gasteiger partial charge on any atom is 0.253 e. The van der Waals surface area contributed by atoms with Gasteiger partial charge in [-0.3, -0.25) is 9.89 Å². The molecule has 0 saturated carbocycles. The van der Waals surface area contributed by atoms with E-state index < -0.39 is 0 Å². The van der Waals surface area contributed by atoms with Crippen LogP contribution in [0.15, 0.2) is 61.1 Å². The largest absolute Gasteiger partial charge is 0.497 e. The van der Waals surface area contributed by atoms with E-state index in [-0.39, 0.29) is 5.91 Å². The number of H-pyrrole nitrogens is 1. The summed E-state index contributed by atoms with van der Waals surface area (Å²) >= 11 is 0. The third kappa shape index (κ3) is 4.62. The predicted octanol–water partition coefficient (Wildman–Crippen LogP) is 3.53. The highest BCUT2D eigenvalue weighted by atomic mass is 16.5. The van der Waals surface area contributed by atoms with Gasteiger partial charge in [-0.1, -0.05) is 24.3 Å². The summed E-state index contributed by atoms with van der Waals surface area (Å²) in [6, 6.07) is 13.9. The van der Waals surface area contributed by atoms with E-state index in [4.69, 9.17) is 4.74 Å². The second-order valence-corrected chi connectivity index (χ2v) is 7.79. The van der Waals surface area contributed by atoms with Crippen molar-refractivity contribution in [1.82, 2.24) is 25.0 Å². The molecular weight excluding hydrogens is 390 g/mol. The standard InChI is InChI=1S/C24H27N5O2/c1-28(2)9-10-29-16-22(24(30)25-13-17-5-4-6-20(11-17)31-3)21-8-7-18(12-23(21)29)19-14-26-27-15-19/h4-8,11-12,14-16H,9-10,13H2,1-3H3,(H,25,30)(H,26,27). The Morgan fingerprint density at radius 3 is 2.81 bits per heavy atom. The van der Waals surface area contributed by atoms with Crippen LogP contribution in [0.1, 0.15) is 15.9 Å². The zero-order valence-corrected chi connectivity index (χ0v) is 18.1. The molecule has 7 heteroatoms. The molecule has 2 N–H and O–H groups in total. The number of aromatic amines is 1. The van der Waals surface area contributed by atoms with Crippen LogP contribution in [0.3, 0.4) is 0 Å². The summed E-state index contributed by atoms with van der Waals surface area (Å²) in [5.41, 5.74) is 4.79. The number of amides is 1. The molecule has 0 atom stereocenters. The summed E-state index contributed by atoms with van der Waals surface area (Å²) in [7, 11) is 5.73. The summed E-state index contributed by atoms with van der Waals surface area (Å²) in [5.74, 6) is 0.686. The van der Waals surface area contributed by atoms with Gasteiger partial charge < -0.3 is 19.5 Å². The van der Waals surface area contributed by atoms with Gasteiger partial charge in [0.2, 0.25) is 0 Å². The van der Waals surface area contributed by atoms with Crippen molar-refractivity contribution in [3.63, 3.8) is 0 Å². The number of likely N-dealkylation sites (N-methyl/N-ethyl adjacent to an activating group) is 1. The van der Waals surface area contributed by atoms with Crippen molar-refractivity contribution in [2.75, 3.05) is 27.7 Å². The Bertz CT molecular complexity index is 1180. The first-order valence-electron chi connectivity index (χ1n) is 10.2. The van der Waals surface area contributed by atoms with Gasteiger partial charge in [0, 0.05) is 48.5 Å². The van der Waals surface area contributed by atoms with Crippen LogP contribution < -0.4 is 10.1 Å². The molecule has 160 valence electrons. The number of carbonyl (C=O) groups excluding carboxylic acids is 1. The van der Waals surface area contributed by atoms with E-state index in [1.807, 2.05) is 62.9 Å². The fraction of sp³-hybridized carbons (Fsp3) is 0.250. The molecule has 1 amide bonds. The molecule has 0 radical (unpaired) electrons. The summed E-state index contributed by atoms with van der Waals surface area (Å²) < 4.78 is 7.42. The van der Waals surface area contributed by atoms with Gasteiger partial charge in [-0.25, -0.2) is 0 Å². The number of methoxy groups -OCH3 is 1. The Kier molecular flexibility index (Phi) is 6.04. The Hall–Kier alpha value is -3.58. The van der Waals surface area contributed by atoms with Crippen LogP contribution in [-0.2, 0) is 13.1 Å². The minimum absolute atomic E-state index is 0.0903. The van der Waals surface area contributed by atoms with Crippen molar-refractivity contribution in [2.24, 2.45) is 0 Å². The third-order valence-electron chi connectivity index (χ3n) is 5.33. The van der Waals surface area contributed by atoms with E-state index in [1.165, 1.54) is 0 Å². The smallest absolute Gasteiger partial charge is 0.253 e. The van der Waals surface area contributed by atoms with Crippen molar-refractivity contribution in [3.05, 3.63) is 72.2 Å². The summed E-state index contributed by atoms with van der Waals surface area (Å²) in [5, 5.41) is 10.9. The van der Waals surface area contributed by atoms with Gasteiger partial charge in [-0.05, 0) is 43.4 Å². The molecule has 0 fully saturated rings. The lowest BCUT2D eigenvalue weighted by atomic mass is 10.1. The number of carbonyl (C=O) groups is 1. The van der Waals surface area contributed by atoms with Gasteiger partial charge in [-0.2, -0.15) is 5.10 Å². The average Bonchev–Trinajstić information content (AvgIpc) is 3.44. The number of nitrogens with one attached hydrogen (secondary N) is 2. The molecule has 0 aliphatic carbocycles. The number of nitrogens with zero attached hydrogens (tertiary/aromatic N) is 3. The molecule has 4 aromatic rings. The minimum Gasteiger partial charge on any atom is -0.497 e. The van der Waals surface area contributed by atoms with Crippen molar-refractivity contribution in [1.29, 1.82) is 0 Å². The highest BCUT2D eigenvalue weighted by Crippen LogP contribution is 2.28. The van der Waals surface area contributed by atoms with Crippen LogP contribution in [0.25, 0.3) is 22.0 Å². The number of ether oxygens (including phenoxy) is 1. The molecule has 0 aliphatic rings. The van der Waals surface area contributed by atoms with Gasteiger partial charge in [0.1, 0.15) is 5.75 Å². The van der Waals surface area contributed by atoms with Crippen LogP contribution in [0.5, 0.6) is 5.75 Å². The lowest BCUT2D eigenvalue weighted by Crippen LogP contribution is -2.22. The van der Waals surface area contributed by atoms with Gasteiger partial charge in [0.15, 0.2) is 0 Å². The van der Waals surface area contributed by atoms with E-state index in [9.17, 15) is 4.79 Å². The Morgan fingerprint density at radius 1 is 1.19 bits per heavy atom. The molecule has 0 saturated heterocycles. The second-order valence-electron chi connectivity index (χ2n) is 7.79. The van der Waals surface area contributed by atoms with Gasteiger partial charge >= 0.3 is 0 Å². The van der Waals surface area contributed by atoms with Gasteiger partial charge in [0.05, 0.1) is 18.9 Å². The quantitative estimate of drug-likeness (QED) is 0.460. The number of aromatic nitrogens is 3. The zero-order valence-electron chi connectivity index (χ0n) is 18.1. The van der Waals surface area contributed by atoms with E-state index in [0.29, 0.717) is 12.1 Å². The molecule has 4 rings (SSSR count). The van der Waals surface area contributed by atoms with Crippen molar-refractivity contribution in [3.8, 4) is 16.9 Å². The van der Waals surface area contributed by atoms with Crippen molar-refractivity contribution in [2.45, 2.75) is 13.1 Å². The lowest BCUT2D eigenvalue weighted by molar-refractivity contribution is 0.0952. The van der Waals surface area contributed by atoms with Crippen LogP contribution >= 0.6 is 0 Å². The number of rotatable bonds is 8. The lowest BCUT2D eigenvalue weighted by Gasteiger charge is -2.11. The molecule has 31 heavy (non-hydrogen) atoms. The fourth-order valence-electron chi connectivity index (χ4n) is 3.61. The van der Waals surface area contributed by atoms with E-state index in [0.717, 1.165) is 46.4 Å². The molecule has 0 aliphatic heterocycles. The number of benzene rings is 2. The third-order valence-corrected chi connectivity index (χ3v) is 5.33. The van der Waals surface area contributed by atoms with Crippen molar-refractivity contribution < 1.29 is 9.53 Å². The Balaban J connectivity index is 1.63. The fourth-order valence-corrected chi connectivity index (χ4v) is 3.61. The molecule has 2 aromatic heterocycles. The SMILES string of the molecule is COc1cccc(CNC(=O)c2cn(CCN(C)C)c3cc(-c4cn[nH]c4)ccc23)c1. The molecule has 0 bridgehead atoms. The summed E-state index contributed by atoms with van der Waals surface area (Å²) in [4.78, 5) is 15.2. The maximum atomic E-state index is 13.1. The molecule has 2 heterocycles. The molecular formula is C24H27N5O2.